The molecule has 0 saturated heterocycles. The number of hydrogen-bond acceptors (Lipinski definition) is 4. The van der Waals surface area contributed by atoms with Gasteiger partial charge in [-0.2, -0.15) is 0 Å². The molecule has 4 nitrogen and oxygen atoms in total. The summed E-state index contributed by atoms with van der Waals surface area (Å²) in [6, 6.07) is 3.67. The first-order chi connectivity index (χ1) is 8.08. The van der Waals surface area contributed by atoms with Crippen molar-refractivity contribution in [2.45, 2.75) is 25.7 Å². The predicted molar refractivity (Wildman–Crippen MR) is 67.8 cm³/mol. The number of pyridine rings is 1. The van der Waals surface area contributed by atoms with Crippen LogP contribution in [0.3, 0.4) is 0 Å². The minimum absolute atomic E-state index is 0.0536. The SMILES string of the molecule is O=S(=O)(Cl)CCCCCCOc1cccnc1. The summed E-state index contributed by atoms with van der Waals surface area (Å²) < 4.78 is 26.7. The molecule has 6 heteroatoms. The lowest BCUT2D eigenvalue weighted by Crippen LogP contribution is -1.99. The van der Waals surface area contributed by atoms with E-state index in [2.05, 4.69) is 4.98 Å². The van der Waals surface area contributed by atoms with Crippen LogP contribution in [0.15, 0.2) is 24.5 Å². The molecule has 0 aromatic carbocycles. The van der Waals surface area contributed by atoms with Gasteiger partial charge in [0.15, 0.2) is 0 Å². The van der Waals surface area contributed by atoms with Crippen LogP contribution in [0.2, 0.25) is 0 Å². The molecule has 1 aromatic rings. The molecule has 0 saturated carbocycles. The molecule has 17 heavy (non-hydrogen) atoms. The number of halogens is 1. The van der Waals surface area contributed by atoms with Gasteiger partial charge >= 0.3 is 0 Å². The average Bonchev–Trinajstić information content (AvgIpc) is 2.28. The maximum atomic E-state index is 10.6. The number of aromatic nitrogens is 1. The van der Waals surface area contributed by atoms with E-state index in [1.165, 1.54) is 0 Å². The molecule has 0 unspecified atom stereocenters. The van der Waals surface area contributed by atoms with Crippen LogP contribution in [0, 0.1) is 0 Å². The van der Waals surface area contributed by atoms with Crippen molar-refractivity contribution >= 4 is 19.7 Å². The Morgan fingerprint density at radius 1 is 1.24 bits per heavy atom. The molecule has 0 N–H and O–H groups in total. The Balaban J connectivity index is 1.99. The van der Waals surface area contributed by atoms with Gasteiger partial charge in [0, 0.05) is 16.9 Å². The molecule has 0 spiro atoms. The number of ether oxygens (including phenoxy) is 1. The first-order valence-corrected chi connectivity index (χ1v) is 8.01. The zero-order valence-corrected chi connectivity index (χ0v) is 11.1. The first-order valence-electron chi connectivity index (χ1n) is 5.53. The minimum Gasteiger partial charge on any atom is -0.492 e. The van der Waals surface area contributed by atoms with E-state index in [1.54, 1.807) is 12.4 Å². The third-order valence-corrected chi connectivity index (χ3v) is 3.42. The fraction of sp³-hybridized carbons (Fsp3) is 0.545. The minimum atomic E-state index is -3.33. The normalized spacial score (nSPS) is 11.4. The lowest BCUT2D eigenvalue weighted by atomic mass is 10.2. The van der Waals surface area contributed by atoms with E-state index in [0.29, 0.717) is 13.0 Å². The molecular formula is C11H16ClNO3S. The van der Waals surface area contributed by atoms with Gasteiger partial charge in [-0.25, -0.2) is 8.42 Å². The zero-order chi connectivity index (χ0) is 12.6. The van der Waals surface area contributed by atoms with E-state index in [4.69, 9.17) is 15.4 Å². The van der Waals surface area contributed by atoms with E-state index in [1.807, 2.05) is 12.1 Å². The van der Waals surface area contributed by atoms with Gasteiger partial charge in [0.1, 0.15) is 5.75 Å². The molecule has 1 aromatic heterocycles. The van der Waals surface area contributed by atoms with Crippen LogP contribution in [0.25, 0.3) is 0 Å². The number of unbranched alkanes of at least 4 members (excludes halogenated alkanes) is 3. The Labute approximate surface area is 106 Å². The lowest BCUT2D eigenvalue weighted by Gasteiger charge is -2.04. The summed E-state index contributed by atoms with van der Waals surface area (Å²) in [5.41, 5.74) is 0. The Kier molecular flexibility index (Phi) is 6.29. The summed E-state index contributed by atoms with van der Waals surface area (Å²) in [6.45, 7) is 0.624. The van der Waals surface area contributed by atoms with E-state index < -0.39 is 9.05 Å². The van der Waals surface area contributed by atoms with Gasteiger partial charge < -0.3 is 4.74 Å². The summed E-state index contributed by atoms with van der Waals surface area (Å²) >= 11 is 0. The van der Waals surface area contributed by atoms with Crippen LogP contribution in [-0.2, 0) is 9.05 Å². The van der Waals surface area contributed by atoms with Crippen LogP contribution in [-0.4, -0.2) is 25.8 Å². The average molecular weight is 278 g/mol. The summed E-state index contributed by atoms with van der Waals surface area (Å²) in [6.07, 6.45) is 6.66. The largest absolute Gasteiger partial charge is 0.492 e. The van der Waals surface area contributed by atoms with E-state index in [-0.39, 0.29) is 5.75 Å². The molecule has 0 fully saturated rings. The Bertz CT molecular complexity index is 408. The summed E-state index contributed by atoms with van der Waals surface area (Å²) in [5.74, 6) is 0.814. The fourth-order valence-electron chi connectivity index (χ4n) is 1.35. The number of rotatable bonds is 8. The zero-order valence-electron chi connectivity index (χ0n) is 9.51. The van der Waals surface area contributed by atoms with Crippen molar-refractivity contribution in [1.29, 1.82) is 0 Å². The molecule has 1 heterocycles. The Hall–Kier alpha value is -0.810. The second-order valence-corrected chi connectivity index (χ2v) is 6.59. The van der Waals surface area contributed by atoms with Crippen molar-refractivity contribution in [3.05, 3.63) is 24.5 Å². The predicted octanol–water partition coefficient (Wildman–Crippen LogP) is 2.59. The van der Waals surface area contributed by atoms with Gasteiger partial charge in [0.2, 0.25) is 9.05 Å². The summed E-state index contributed by atoms with van der Waals surface area (Å²) in [4.78, 5) is 3.93. The van der Waals surface area contributed by atoms with Crippen molar-refractivity contribution in [3.63, 3.8) is 0 Å². The maximum absolute atomic E-state index is 10.6. The highest BCUT2D eigenvalue weighted by molar-refractivity contribution is 8.13. The smallest absolute Gasteiger partial charge is 0.232 e. The second kappa shape index (κ2) is 7.50. The quantitative estimate of drug-likeness (QED) is 0.541. The number of nitrogens with zero attached hydrogens (tertiary/aromatic N) is 1. The Morgan fingerprint density at radius 2 is 2.00 bits per heavy atom. The molecular weight excluding hydrogens is 262 g/mol. The molecule has 0 amide bonds. The summed E-state index contributed by atoms with van der Waals surface area (Å²) in [7, 11) is 1.77. The van der Waals surface area contributed by atoms with Crippen molar-refractivity contribution in [2.75, 3.05) is 12.4 Å². The van der Waals surface area contributed by atoms with Gasteiger partial charge in [-0.05, 0) is 25.0 Å². The molecule has 0 radical (unpaired) electrons. The topological polar surface area (TPSA) is 56.3 Å². The highest BCUT2D eigenvalue weighted by Crippen LogP contribution is 2.09. The third kappa shape index (κ3) is 7.99. The fourth-order valence-corrected chi connectivity index (χ4v) is 2.23. The summed E-state index contributed by atoms with van der Waals surface area (Å²) in [5, 5.41) is 0. The van der Waals surface area contributed by atoms with Gasteiger partial charge in [-0.15, -0.1) is 0 Å². The monoisotopic (exact) mass is 277 g/mol. The van der Waals surface area contributed by atoms with Crippen LogP contribution >= 0.6 is 10.7 Å². The van der Waals surface area contributed by atoms with Gasteiger partial charge in [0.25, 0.3) is 0 Å². The molecule has 1 rings (SSSR count). The van der Waals surface area contributed by atoms with Crippen molar-refractivity contribution < 1.29 is 13.2 Å². The van der Waals surface area contributed by atoms with Gasteiger partial charge in [-0.1, -0.05) is 12.8 Å². The van der Waals surface area contributed by atoms with Gasteiger partial charge in [-0.3, -0.25) is 4.98 Å². The standard InChI is InChI=1S/C11H16ClNO3S/c12-17(14,15)9-4-2-1-3-8-16-11-6-5-7-13-10-11/h5-7,10H,1-4,8-9H2. The maximum Gasteiger partial charge on any atom is 0.232 e. The molecule has 0 atom stereocenters. The Morgan fingerprint density at radius 3 is 2.65 bits per heavy atom. The van der Waals surface area contributed by atoms with Crippen molar-refractivity contribution in [2.24, 2.45) is 0 Å². The van der Waals surface area contributed by atoms with E-state index >= 15 is 0 Å². The molecule has 96 valence electrons. The molecule has 0 aliphatic carbocycles. The van der Waals surface area contributed by atoms with Gasteiger partial charge in [0.05, 0.1) is 18.6 Å². The van der Waals surface area contributed by atoms with E-state index in [9.17, 15) is 8.42 Å². The second-order valence-electron chi connectivity index (χ2n) is 3.69. The lowest BCUT2D eigenvalue weighted by molar-refractivity contribution is 0.304. The first kappa shape index (κ1) is 14.3. The number of hydrogen-bond donors (Lipinski definition) is 0. The molecule has 0 aliphatic heterocycles. The van der Waals surface area contributed by atoms with Crippen LogP contribution in [0.4, 0.5) is 0 Å². The van der Waals surface area contributed by atoms with Crippen molar-refractivity contribution in [1.82, 2.24) is 4.98 Å². The highest BCUT2D eigenvalue weighted by atomic mass is 35.7. The third-order valence-electron chi connectivity index (χ3n) is 2.19. The van der Waals surface area contributed by atoms with Crippen LogP contribution in [0.1, 0.15) is 25.7 Å². The van der Waals surface area contributed by atoms with Crippen LogP contribution in [0.5, 0.6) is 5.75 Å². The van der Waals surface area contributed by atoms with Crippen molar-refractivity contribution in [3.8, 4) is 5.75 Å². The highest BCUT2D eigenvalue weighted by Gasteiger charge is 2.03. The molecule has 0 aliphatic rings. The van der Waals surface area contributed by atoms with Crippen LogP contribution < -0.4 is 4.74 Å². The van der Waals surface area contributed by atoms with E-state index in [0.717, 1.165) is 25.0 Å². The molecule has 0 bridgehead atoms.